The summed E-state index contributed by atoms with van der Waals surface area (Å²) in [6, 6.07) is 6.36. The number of hydrogen-bond donors (Lipinski definition) is 2. The summed E-state index contributed by atoms with van der Waals surface area (Å²) in [5.74, 6) is 0. The maximum Gasteiger partial charge on any atom is 0.0405 e. The number of hydrogen-bond acceptors (Lipinski definition) is 2. The van der Waals surface area contributed by atoms with Gasteiger partial charge in [-0.3, -0.25) is 0 Å². The van der Waals surface area contributed by atoms with Gasteiger partial charge in [0.05, 0.1) is 0 Å². The van der Waals surface area contributed by atoms with Crippen molar-refractivity contribution in [2.45, 2.75) is 153 Å². The summed E-state index contributed by atoms with van der Waals surface area (Å²) < 4.78 is 0. The van der Waals surface area contributed by atoms with Crippen molar-refractivity contribution in [2.75, 3.05) is 13.1 Å². The Labute approximate surface area is 228 Å². The largest absolute Gasteiger partial charge is 0.313 e. The van der Waals surface area contributed by atoms with Gasteiger partial charge in [0.15, 0.2) is 0 Å². The Bertz CT molecular complexity index is 866. The van der Waals surface area contributed by atoms with Crippen molar-refractivity contribution >= 4 is 17.2 Å². The van der Waals surface area contributed by atoms with Gasteiger partial charge in [0, 0.05) is 17.2 Å². The van der Waals surface area contributed by atoms with Gasteiger partial charge >= 0.3 is 0 Å². The SMILES string of the molecule is CC(C)(C)c1cc(CP(C(C)(C)C)C(C)(C)C)c(C(P)(C2CCCN2)C2CCCN2)cc1C(C)(C)C. The molecule has 0 saturated carbocycles. The van der Waals surface area contributed by atoms with Crippen LogP contribution in [0.4, 0.5) is 0 Å². The van der Waals surface area contributed by atoms with E-state index in [0.717, 1.165) is 13.1 Å². The second-order valence-electron chi connectivity index (χ2n) is 15.7. The molecule has 0 aromatic heterocycles. The summed E-state index contributed by atoms with van der Waals surface area (Å²) in [5.41, 5.74) is 6.51. The fraction of sp³-hybridized carbons (Fsp3) is 0.812. The van der Waals surface area contributed by atoms with Crippen LogP contribution in [0.3, 0.4) is 0 Å². The van der Waals surface area contributed by atoms with Crippen molar-refractivity contribution in [3.63, 3.8) is 0 Å². The smallest absolute Gasteiger partial charge is 0.0405 e. The molecular weight excluding hydrogens is 474 g/mol. The molecule has 0 amide bonds. The number of nitrogens with one attached hydrogen (secondary N) is 2. The number of benzene rings is 1. The minimum Gasteiger partial charge on any atom is -0.313 e. The van der Waals surface area contributed by atoms with Crippen LogP contribution in [0, 0.1) is 0 Å². The highest BCUT2D eigenvalue weighted by Gasteiger charge is 2.47. The molecule has 3 unspecified atom stereocenters. The van der Waals surface area contributed by atoms with Crippen LogP contribution in [0.25, 0.3) is 0 Å². The molecule has 2 heterocycles. The highest BCUT2D eigenvalue weighted by atomic mass is 31.1. The van der Waals surface area contributed by atoms with Gasteiger partial charge in [0.1, 0.15) is 0 Å². The molecule has 1 aromatic rings. The van der Waals surface area contributed by atoms with Crippen molar-refractivity contribution in [3.8, 4) is 0 Å². The third kappa shape index (κ3) is 6.41. The Balaban J connectivity index is 2.35. The molecule has 4 heteroatoms. The first-order valence-electron chi connectivity index (χ1n) is 14.5. The fourth-order valence-corrected chi connectivity index (χ4v) is 11.3. The van der Waals surface area contributed by atoms with Crippen LogP contribution in [0.1, 0.15) is 131 Å². The van der Waals surface area contributed by atoms with Crippen molar-refractivity contribution < 1.29 is 0 Å². The highest BCUT2D eigenvalue weighted by molar-refractivity contribution is 7.60. The van der Waals surface area contributed by atoms with Gasteiger partial charge in [-0.25, -0.2) is 0 Å². The van der Waals surface area contributed by atoms with Crippen LogP contribution in [0.5, 0.6) is 0 Å². The van der Waals surface area contributed by atoms with E-state index in [0.29, 0.717) is 22.4 Å². The maximum absolute atomic E-state index is 3.96. The Morgan fingerprint density at radius 3 is 1.44 bits per heavy atom. The maximum atomic E-state index is 3.96. The predicted molar refractivity (Wildman–Crippen MR) is 167 cm³/mol. The summed E-state index contributed by atoms with van der Waals surface area (Å²) in [6.07, 6.45) is 6.29. The Hall–Kier alpha value is 0. The first-order valence-corrected chi connectivity index (χ1v) is 16.6. The summed E-state index contributed by atoms with van der Waals surface area (Å²) >= 11 is 0. The van der Waals surface area contributed by atoms with E-state index in [-0.39, 0.29) is 23.9 Å². The third-order valence-corrected chi connectivity index (χ3v) is 13.6. The molecule has 2 fully saturated rings. The summed E-state index contributed by atoms with van der Waals surface area (Å²) in [4.78, 5) is 0. The molecule has 2 N–H and O–H groups in total. The van der Waals surface area contributed by atoms with Gasteiger partial charge in [-0.05, 0) is 88.3 Å². The molecule has 2 saturated heterocycles. The van der Waals surface area contributed by atoms with E-state index >= 15 is 0 Å². The summed E-state index contributed by atoms with van der Waals surface area (Å²) in [6.45, 7) is 31.6. The second-order valence-corrected chi connectivity index (χ2v) is 20.5. The summed E-state index contributed by atoms with van der Waals surface area (Å²) in [5, 5.41) is 8.54. The van der Waals surface area contributed by atoms with Crippen LogP contribution >= 0.6 is 17.2 Å². The molecule has 36 heavy (non-hydrogen) atoms. The zero-order valence-corrected chi connectivity index (χ0v) is 27.8. The molecule has 0 bridgehead atoms. The Kier molecular flexibility index (Phi) is 8.93. The van der Waals surface area contributed by atoms with Gasteiger partial charge < -0.3 is 10.6 Å². The Morgan fingerprint density at radius 1 is 0.694 bits per heavy atom. The molecule has 2 nitrogen and oxygen atoms in total. The standard InChI is InChI=1S/C32H58N2P2/c1-28(2,3)24-19-22(21-36(30(7,8)9)31(10,11)12)23(20-25(24)29(4,5)6)32(35,26-15-13-17-33-26)27-16-14-18-34-27/h19-20,26-27,33-34H,13-18,21,35H2,1-12H3. The molecule has 0 radical (unpaired) electrons. The third-order valence-electron chi connectivity index (χ3n) is 8.55. The lowest BCUT2D eigenvalue weighted by Crippen LogP contribution is -2.53. The quantitative estimate of drug-likeness (QED) is 0.372. The minimum atomic E-state index is -0.243. The molecule has 206 valence electrons. The van der Waals surface area contributed by atoms with Crippen molar-refractivity contribution in [1.29, 1.82) is 0 Å². The van der Waals surface area contributed by atoms with E-state index in [9.17, 15) is 0 Å². The van der Waals surface area contributed by atoms with Crippen molar-refractivity contribution in [1.82, 2.24) is 10.6 Å². The van der Waals surface area contributed by atoms with Gasteiger partial charge in [0.25, 0.3) is 0 Å². The molecule has 0 spiro atoms. The topological polar surface area (TPSA) is 24.1 Å². The lowest BCUT2D eigenvalue weighted by Gasteiger charge is -2.46. The van der Waals surface area contributed by atoms with Crippen LogP contribution in [-0.2, 0) is 22.1 Å². The second kappa shape index (κ2) is 10.5. The zero-order chi connectivity index (χ0) is 27.3. The van der Waals surface area contributed by atoms with E-state index in [1.165, 1.54) is 43.0 Å². The first kappa shape index (κ1) is 30.5. The fourth-order valence-electron chi connectivity index (χ4n) is 6.87. The monoisotopic (exact) mass is 532 g/mol. The van der Waals surface area contributed by atoms with Gasteiger partial charge in [0.2, 0.25) is 0 Å². The lowest BCUT2D eigenvalue weighted by atomic mass is 9.71. The predicted octanol–water partition coefficient (Wildman–Crippen LogP) is 8.43. The lowest BCUT2D eigenvalue weighted by molar-refractivity contribution is 0.350. The van der Waals surface area contributed by atoms with Crippen LogP contribution in [0.2, 0.25) is 0 Å². The van der Waals surface area contributed by atoms with Crippen LogP contribution < -0.4 is 10.6 Å². The van der Waals surface area contributed by atoms with Crippen molar-refractivity contribution in [2.24, 2.45) is 0 Å². The molecular formula is C32H58N2P2. The van der Waals surface area contributed by atoms with Gasteiger partial charge in [-0.15, -0.1) is 9.24 Å². The molecule has 3 rings (SSSR count). The molecule has 0 aliphatic carbocycles. The molecule has 2 aliphatic rings. The van der Waals surface area contributed by atoms with E-state index in [4.69, 9.17) is 0 Å². The van der Waals surface area contributed by atoms with Crippen LogP contribution in [0.15, 0.2) is 12.1 Å². The van der Waals surface area contributed by atoms with Crippen molar-refractivity contribution in [3.05, 3.63) is 34.4 Å². The number of rotatable bonds is 5. The molecule has 1 aromatic carbocycles. The normalized spacial score (nSPS) is 23.9. The highest BCUT2D eigenvalue weighted by Crippen LogP contribution is 2.62. The Morgan fingerprint density at radius 2 is 1.11 bits per heavy atom. The van der Waals surface area contributed by atoms with E-state index < -0.39 is 0 Å². The van der Waals surface area contributed by atoms with E-state index in [1.54, 1.807) is 11.1 Å². The van der Waals surface area contributed by atoms with E-state index in [2.05, 4.69) is 115 Å². The molecule has 3 atom stereocenters. The first-order chi connectivity index (χ1) is 16.3. The van der Waals surface area contributed by atoms with Gasteiger partial charge in [-0.2, -0.15) is 0 Å². The average Bonchev–Trinajstić information content (AvgIpc) is 3.42. The molecule has 2 aliphatic heterocycles. The minimum absolute atomic E-state index is 0.00944. The van der Waals surface area contributed by atoms with Crippen LogP contribution in [-0.4, -0.2) is 35.5 Å². The van der Waals surface area contributed by atoms with E-state index in [1.807, 2.05) is 0 Å². The zero-order valence-electron chi connectivity index (χ0n) is 25.8. The van der Waals surface area contributed by atoms with Gasteiger partial charge in [-0.1, -0.05) is 103 Å². The summed E-state index contributed by atoms with van der Waals surface area (Å²) in [7, 11) is 3.23. The average molecular weight is 533 g/mol.